The van der Waals surface area contributed by atoms with Crippen LogP contribution >= 0.6 is 0 Å². The highest BCUT2D eigenvalue weighted by atomic mass is 32.2. The molecular formula is C11H13N2O2S-. The average molecular weight is 237 g/mol. The summed E-state index contributed by atoms with van der Waals surface area (Å²) in [6, 6.07) is 8.03. The molecule has 0 amide bonds. The minimum atomic E-state index is -2.18. The Hall–Kier alpha value is -1.17. The third-order valence-electron chi connectivity index (χ3n) is 2.62. The zero-order valence-electron chi connectivity index (χ0n) is 8.95. The Kier molecular flexibility index (Phi) is 3.38. The maximum Gasteiger partial charge on any atom is 0.0458 e. The van der Waals surface area contributed by atoms with Gasteiger partial charge in [-0.15, -0.1) is 0 Å². The maximum atomic E-state index is 10.4. The minimum Gasteiger partial charge on any atom is -0.760 e. The fraction of sp³-hybridized carbons (Fsp3) is 0.273. The molecule has 4 nitrogen and oxygen atoms in total. The van der Waals surface area contributed by atoms with E-state index in [2.05, 4.69) is 9.71 Å². The van der Waals surface area contributed by atoms with Gasteiger partial charge >= 0.3 is 0 Å². The smallest absolute Gasteiger partial charge is 0.0458 e. The third-order valence-corrected chi connectivity index (χ3v) is 3.06. The molecule has 0 radical (unpaired) electrons. The summed E-state index contributed by atoms with van der Waals surface area (Å²) in [4.78, 5) is 3.28. The first-order valence-corrected chi connectivity index (χ1v) is 6.15. The molecule has 0 saturated carbocycles. The van der Waals surface area contributed by atoms with Crippen molar-refractivity contribution in [3.8, 4) is 0 Å². The van der Waals surface area contributed by atoms with E-state index in [-0.39, 0.29) is 0 Å². The molecule has 0 aliphatic rings. The zero-order chi connectivity index (χ0) is 11.5. The summed E-state index contributed by atoms with van der Waals surface area (Å²) in [6.07, 6.45) is 0.698. The van der Waals surface area contributed by atoms with Crippen LogP contribution in [0.4, 0.5) is 0 Å². The SMILES string of the molecule is Cc1[nH]c2ccccc2c1CCNS(=O)[O-]. The summed E-state index contributed by atoms with van der Waals surface area (Å²) in [5.74, 6) is 0. The highest BCUT2D eigenvalue weighted by Gasteiger charge is 2.06. The minimum absolute atomic E-state index is 0.429. The molecule has 0 bridgehead atoms. The van der Waals surface area contributed by atoms with E-state index in [1.807, 2.05) is 31.2 Å². The molecule has 5 heteroatoms. The van der Waals surface area contributed by atoms with Crippen LogP contribution in [0.5, 0.6) is 0 Å². The van der Waals surface area contributed by atoms with Gasteiger partial charge in [-0.1, -0.05) is 18.2 Å². The summed E-state index contributed by atoms with van der Waals surface area (Å²) < 4.78 is 23.1. The number of aryl methyl sites for hydroxylation is 1. The summed E-state index contributed by atoms with van der Waals surface area (Å²) in [7, 11) is 0. The Morgan fingerprint density at radius 3 is 2.94 bits per heavy atom. The molecular weight excluding hydrogens is 224 g/mol. The first kappa shape index (κ1) is 11.3. The number of rotatable bonds is 4. The van der Waals surface area contributed by atoms with E-state index in [1.165, 1.54) is 10.9 Å². The quantitative estimate of drug-likeness (QED) is 0.789. The van der Waals surface area contributed by atoms with Crippen LogP contribution in [0.3, 0.4) is 0 Å². The van der Waals surface area contributed by atoms with E-state index in [0.717, 1.165) is 11.2 Å². The molecule has 2 rings (SSSR count). The van der Waals surface area contributed by atoms with Gasteiger partial charge in [-0.3, -0.25) is 4.21 Å². The van der Waals surface area contributed by atoms with Crippen LogP contribution in [-0.4, -0.2) is 20.3 Å². The second kappa shape index (κ2) is 4.78. The van der Waals surface area contributed by atoms with Crippen LogP contribution in [0.2, 0.25) is 0 Å². The number of fused-ring (bicyclic) bond motifs is 1. The van der Waals surface area contributed by atoms with Crippen molar-refractivity contribution in [1.82, 2.24) is 9.71 Å². The monoisotopic (exact) mass is 237 g/mol. The molecule has 1 unspecified atom stereocenters. The summed E-state index contributed by atoms with van der Waals surface area (Å²) in [6.45, 7) is 2.43. The van der Waals surface area contributed by atoms with Crippen molar-refractivity contribution in [2.24, 2.45) is 0 Å². The van der Waals surface area contributed by atoms with E-state index < -0.39 is 11.3 Å². The van der Waals surface area contributed by atoms with Crippen LogP contribution in [0, 0.1) is 6.92 Å². The summed E-state index contributed by atoms with van der Waals surface area (Å²) in [5, 5.41) is 1.17. The zero-order valence-corrected chi connectivity index (χ0v) is 9.76. The van der Waals surface area contributed by atoms with Gasteiger partial charge in [-0.25, -0.2) is 4.72 Å². The first-order chi connectivity index (χ1) is 7.68. The Bertz CT molecular complexity index is 522. The van der Waals surface area contributed by atoms with Gasteiger partial charge in [-0.2, -0.15) is 0 Å². The number of para-hydroxylation sites is 1. The topological polar surface area (TPSA) is 68.0 Å². The molecule has 86 valence electrons. The Morgan fingerprint density at radius 2 is 2.19 bits per heavy atom. The van der Waals surface area contributed by atoms with Gasteiger partial charge in [0.15, 0.2) is 0 Å². The Morgan fingerprint density at radius 1 is 1.44 bits per heavy atom. The molecule has 0 spiro atoms. The van der Waals surface area contributed by atoms with Gasteiger partial charge in [0.1, 0.15) is 0 Å². The van der Waals surface area contributed by atoms with Crippen molar-refractivity contribution in [3.63, 3.8) is 0 Å². The number of aromatic nitrogens is 1. The molecule has 0 saturated heterocycles. The Balaban J connectivity index is 2.22. The normalized spacial score (nSPS) is 13.1. The average Bonchev–Trinajstić information content (AvgIpc) is 2.55. The van der Waals surface area contributed by atoms with E-state index in [1.54, 1.807) is 0 Å². The van der Waals surface area contributed by atoms with Gasteiger partial charge < -0.3 is 9.54 Å². The van der Waals surface area contributed by atoms with Crippen molar-refractivity contribution < 1.29 is 8.76 Å². The van der Waals surface area contributed by atoms with Gasteiger partial charge in [0.25, 0.3) is 0 Å². The fourth-order valence-corrected chi connectivity index (χ4v) is 2.18. The number of nitrogens with one attached hydrogen (secondary N) is 2. The number of benzene rings is 1. The number of hydrogen-bond donors (Lipinski definition) is 2. The molecule has 0 aliphatic heterocycles. The van der Waals surface area contributed by atoms with E-state index in [4.69, 9.17) is 0 Å². The van der Waals surface area contributed by atoms with Crippen molar-refractivity contribution in [2.75, 3.05) is 6.54 Å². The van der Waals surface area contributed by atoms with Gasteiger partial charge in [0.2, 0.25) is 0 Å². The highest BCUT2D eigenvalue weighted by Crippen LogP contribution is 2.21. The van der Waals surface area contributed by atoms with Crippen molar-refractivity contribution in [1.29, 1.82) is 0 Å². The molecule has 1 aromatic heterocycles. The second-order valence-electron chi connectivity index (χ2n) is 3.65. The lowest BCUT2D eigenvalue weighted by molar-refractivity contribution is 0.523. The molecule has 16 heavy (non-hydrogen) atoms. The lowest BCUT2D eigenvalue weighted by atomic mass is 10.1. The predicted molar refractivity (Wildman–Crippen MR) is 63.7 cm³/mol. The van der Waals surface area contributed by atoms with Crippen molar-refractivity contribution in [3.05, 3.63) is 35.5 Å². The van der Waals surface area contributed by atoms with Crippen LogP contribution in [0.15, 0.2) is 24.3 Å². The van der Waals surface area contributed by atoms with E-state index >= 15 is 0 Å². The first-order valence-electron chi connectivity index (χ1n) is 5.07. The van der Waals surface area contributed by atoms with E-state index in [0.29, 0.717) is 13.0 Å². The van der Waals surface area contributed by atoms with Crippen LogP contribution in [0.25, 0.3) is 10.9 Å². The van der Waals surface area contributed by atoms with Crippen LogP contribution in [0.1, 0.15) is 11.3 Å². The molecule has 2 aromatic rings. The molecule has 1 heterocycles. The number of aromatic amines is 1. The second-order valence-corrected chi connectivity index (χ2v) is 4.41. The number of H-pyrrole nitrogens is 1. The highest BCUT2D eigenvalue weighted by molar-refractivity contribution is 7.77. The van der Waals surface area contributed by atoms with E-state index in [9.17, 15) is 8.76 Å². The van der Waals surface area contributed by atoms with Crippen molar-refractivity contribution >= 4 is 22.2 Å². The lowest BCUT2D eigenvalue weighted by Gasteiger charge is -2.06. The molecule has 1 aromatic carbocycles. The van der Waals surface area contributed by atoms with Crippen LogP contribution < -0.4 is 4.72 Å². The summed E-state index contributed by atoms with van der Waals surface area (Å²) in [5.41, 5.74) is 3.37. The fourth-order valence-electron chi connectivity index (χ4n) is 1.92. The van der Waals surface area contributed by atoms with Gasteiger partial charge in [-0.05, 0) is 25.0 Å². The standard InChI is InChI=1S/C11H14N2O2S/c1-8-9(6-7-12-16(14)15)10-4-2-3-5-11(10)13-8/h2-5,12-13H,6-7H2,1H3,(H,14,15)/p-1. The van der Waals surface area contributed by atoms with Crippen LogP contribution in [-0.2, 0) is 17.7 Å². The number of hydrogen-bond acceptors (Lipinski definition) is 2. The third kappa shape index (κ3) is 2.32. The molecule has 1 atom stereocenters. The molecule has 2 N–H and O–H groups in total. The predicted octanol–water partition coefficient (Wildman–Crippen LogP) is 1.40. The Labute approximate surface area is 96.5 Å². The molecule has 0 fully saturated rings. The largest absolute Gasteiger partial charge is 0.760 e. The van der Waals surface area contributed by atoms with Gasteiger partial charge in [0, 0.05) is 34.4 Å². The summed E-state index contributed by atoms with van der Waals surface area (Å²) >= 11 is -2.18. The lowest BCUT2D eigenvalue weighted by Crippen LogP contribution is -2.19. The molecule has 0 aliphatic carbocycles. The van der Waals surface area contributed by atoms with Gasteiger partial charge in [0.05, 0.1) is 0 Å². The maximum absolute atomic E-state index is 10.4. The van der Waals surface area contributed by atoms with Crippen molar-refractivity contribution in [2.45, 2.75) is 13.3 Å².